The van der Waals surface area contributed by atoms with Crippen molar-refractivity contribution in [1.82, 2.24) is 29.5 Å². The average Bonchev–Trinajstić information content (AvgIpc) is 3.29. The summed E-state index contributed by atoms with van der Waals surface area (Å²) in [5.41, 5.74) is 2.51. The molecule has 0 saturated carbocycles. The number of hydrogen-bond acceptors (Lipinski definition) is 9. The summed E-state index contributed by atoms with van der Waals surface area (Å²) in [6.07, 6.45) is -0.941. The zero-order chi connectivity index (χ0) is 23.8. The molecule has 178 valence electrons. The van der Waals surface area contributed by atoms with Crippen molar-refractivity contribution in [2.75, 3.05) is 43.0 Å². The second kappa shape index (κ2) is 9.35. The van der Waals surface area contributed by atoms with Crippen molar-refractivity contribution < 1.29 is 8.78 Å². The molecule has 0 aliphatic carbocycles. The maximum absolute atomic E-state index is 13.7. The van der Waals surface area contributed by atoms with E-state index in [0.717, 1.165) is 4.83 Å². The number of rotatable bonds is 6. The van der Waals surface area contributed by atoms with E-state index in [1.165, 1.54) is 22.3 Å². The van der Waals surface area contributed by atoms with E-state index < -0.39 is 12.5 Å². The molecule has 0 radical (unpaired) electrons. The van der Waals surface area contributed by atoms with Gasteiger partial charge in [-0.2, -0.15) is 0 Å². The highest BCUT2D eigenvalue weighted by molar-refractivity contribution is 7.16. The van der Waals surface area contributed by atoms with Gasteiger partial charge in [0.1, 0.15) is 16.7 Å². The molecule has 0 spiro atoms. The molecule has 13 heteroatoms. The molecule has 1 aromatic carbocycles. The van der Waals surface area contributed by atoms with Gasteiger partial charge in [0, 0.05) is 26.2 Å². The number of aromatic nitrogens is 5. The lowest BCUT2D eigenvalue weighted by Gasteiger charge is -2.38. The molecular weight excluding hydrogens is 486 g/mol. The first kappa shape index (κ1) is 22.8. The van der Waals surface area contributed by atoms with Crippen molar-refractivity contribution in [2.24, 2.45) is 0 Å². The van der Waals surface area contributed by atoms with Gasteiger partial charge in [-0.3, -0.25) is 9.69 Å². The Morgan fingerprint density at radius 1 is 1.18 bits per heavy atom. The number of alkyl halides is 2. The van der Waals surface area contributed by atoms with E-state index in [9.17, 15) is 13.6 Å². The van der Waals surface area contributed by atoms with Crippen LogP contribution in [0.25, 0.3) is 21.3 Å². The Labute approximate surface area is 202 Å². The number of benzene rings is 1. The van der Waals surface area contributed by atoms with Crippen molar-refractivity contribution in [2.45, 2.75) is 19.4 Å². The van der Waals surface area contributed by atoms with Gasteiger partial charge in [-0.05, 0) is 19.1 Å². The first-order valence-electron chi connectivity index (χ1n) is 10.7. The number of nitrogens with zero attached hydrogens (tertiary/aromatic N) is 7. The lowest BCUT2D eigenvalue weighted by atomic mass is 10.2. The Hall–Kier alpha value is -2.96. The predicted octanol–water partition coefficient (Wildman–Crippen LogP) is 3.14. The zero-order valence-corrected chi connectivity index (χ0v) is 19.7. The molecular formula is C21H21ClF2N8OS. The van der Waals surface area contributed by atoms with Crippen LogP contribution in [0.2, 0.25) is 5.02 Å². The molecule has 1 aliphatic heterocycles. The Bertz CT molecular complexity index is 1390. The van der Waals surface area contributed by atoms with Crippen LogP contribution in [-0.4, -0.2) is 68.7 Å². The first-order valence-corrected chi connectivity index (χ1v) is 12.0. The van der Waals surface area contributed by atoms with Crippen LogP contribution < -0.4 is 15.9 Å². The van der Waals surface area contributed by atoms with Gasteiger partial charge >= 0.3 is 0 Å². The lowest BCUT2D eigenvalue weighted by Crippen LogP contribution is -2.56. The monoisotopic (exact) mass is 506 g/mol. The van der Waals surface area contributed by atoms with Gasteiger partial charge in [0.2, 0.25) is 0 Å². The van der Waals surface area contributed by atoms with Crippen molar-refractivity contribution in [3.8, 4) is 0 Å². The van der Waals surface area contributed by atoms with Crippen molar-refractivity contribution in [3.63, 3.8) is 0 Å². The Morgan fingerprint density at radius 3 is 2.74 bits per heavy atom. The summed E-state index contributed by atoms with van der Waals surface area (Å²) in [6.45, 7) is 3.20. The predicted molar refractivity (Wildman–Crippen MR) is 129 cm³/mol. The topological polar surface area (TPSA) is 92.1 Å². The Kier molecular flexibility index (Phi) is 6.28. The van der Waals surface area contributed by atoms with Crippen LogP contribution in [0.4, 0.5) is 14.6 Å². The molecule has 3 aromatic heterocycles. The molecule has 1 atom stereocenters. The van der Waals surface area contributed by atoms with Gasteiger partial charge in [-0.1, -0.05) is 17.7 Å². The maximum Gasteiger partial charge on any atom is 0.281 e. The van der Waals surface area contributed by atoms with Crippen LogP contribution in [0.3, 0.4) is 0 Å². The molecule has 1 saturated heterocycles. The molecule has 4 heterocycles. The van der Waals surface area contributed by atoms with Crippen LogP contribution in [0.5, 0.6) is 0 Å². The van der Waals surface area contributed by atoms with Gasteiger partial charge in [0.05, 0.1) is 34.0 Å². The number of halogens is 3. The third-order valence-corrected chi connectivity index (χ3v) is 6.80. The van der Waals surface area contributed by atoms with Gasteiger partial charge in [0.15, 0.2) is 11.6 Å². The maximum atomic E-state index is 13.7. The first-order chi connectivity index (χ1) is 16.4. The second-order valence-electron chi connectivity index (χ2n) is 7.96. The highest BCUT2D eigenvalue weighted by Crippen LogP contribution is 2.26. The highest BCUT2D eigenvalue weighted by atomic mass is 35.5. The molecule has 34 heavy (non-hydrogen) atoms. The number of piperazine rings is 1. The quantitative estimate of drug-likeness (QED) is 0.426. The van der Waals surface area contributed by atoms with Crippen LogP contribution >= 0.6 is 22.9 Å². The minimum absolute atomic E-state index is 0.285. The van der Waals surface area contributed by atoms with E-state index in [4.69, 9.17) is 16.6 Å². The normalized spacial score (nSPS) is 16.0. The Morgan fingerprint density at radius 2 is 1.97 bits per heavy atom. The van der Waals surface area contributed by atoms with Gasteiger partial charge in [-0.15, -0.1) is 11.3 Å². The van der Waals surface area contributed by atoms with Gasteiger partial charge < -0.3 is 10.3 Å². The molecule has 5 rings (SSSR count). The van der Waals surface area contributed by atoms with Crippen LogP contribution in [0.15, 0.2) is 34.8 Å². The van der Waals surface area contributed by atoms with E-state index in [2.05, 4.69) is 20.3 Å². The van der Waals surface area contributed by atoms with Gasteiger partial charge in [-0.25, -0.2) is 33.4 Å². The Balaban J connectivity index is 1.55. The molecule has 1 unspecified atom stereocenters. The van der Waals surface area contributed by atoms with E-state index in [1.54, 1.807) is 28.6 Å². The summed E-state index contributed by atoms with van der Waals surface area (Å²) in [5, 5.41) is 5.78. The highest BCUT2D eigenvalue weighted by Gasteiger charge is 2.26. The minimum Gasteiger partial charge on any atom is -0.358 e. The van der Waals surface area contributed by atoms with Crippen LogP contribution in [0.1, 0.15) is 18.8 Å². The van der Waals surface area contributed by atoms with Crippen molar-refractivity contribution >= 4 is 50.0 Å². The smallest absolute Gasteiger partial charge is 0.281 e. The fourth-order valence-corrected chi connectivity index (χ4v) is 5.01. The van der Waals surface area contributed by atoms with Crippen LogP contribution in [-0.2, 0) is 0 Å². The number of thiazole rings is 1. The fraction of sp³-hybridized carbons (Fsp3) is 0.381. The number of nitrogens with one attached hydrogen (secondary N) is 1. The van der Waals surface area contributed by atoms with E-state index in [0.29, 0.717) is 59.3 Å². The summed E-state index contributed by atoms with van der Waals surface area (Å²) in [4.78, 5) is 33.7. The molecule has 1 aliphatic rings. The molecule has 0 amide bonds. The van der Waals surface area contributed by atoms with Crippen molar-refractivity contribution in [1.29, 1.82) is 0 Å². The van der Waals surface area contributed by atoms with Crippen molar-refractivity contribution in [3.05, 3.63) is 51.2 Å². The van der Waals surface area contributed by atoms with E-state index >= 15 is 0 Å². The van der Waals surface area contributed by atoms with Crippen LogP contribution in [0, 0.1) is 0 Å². The number of hydrogen-bond donors (Lipinski definition) is 1. The minimum atomic E-state index is -2.40. The fourth-order valence-electron chi connectivity index (χ4n) is 4.14. The summed E-state index contributed by atoms with van der Waals surface area (Å²) >= 11 is 7.77. The lowest BCUT2D eigenvalue weighted by molar-refractivity contribution is 0.0824. The number of anilines is 1. The largest absolute Gasteiger partial charge is 0.358 e. The summed E-state index contributed by atoms with van der Waals surface area (Å²) in [5.74, 6) is 0.997. The average molecular weight is 507 g/mol. The van der Waals surface area contributed by atoms with E-state index in [-0.39, 0.29) is 12.1 Å². The van der Waals surface area contributed by atoms with E-state index in [1.807, 2.05) is 11.9 Å². The molecule has 1 fully saturated rings. The number of fused-ring (bicyclic) bond motifs is 2. The zero-order valence-electron chi connectivity index (χ0n) is 18.2. The summed E-state index contributed by atoms with van der Waals surface area (Å²) in [7, 11) is 0. The SMILES string of the molecule is CC(Nc1ncnc2scnc12)c1nc2cccc(Cl)c2c(=O)n1N1CCN(CC(F)F)CC1. The third kappa shape index (κ3) is 4.28. The second-order valence-corrected chi connectivity index (χ2v) is 9.20. The summed E-state index contributed by atoms with van der Waals surface area (Å²) < 4.78 is 27.2. The molecule has 1 N–H and O–H groups in total. The standard InChI is InChI=1S/C21H21ClF2N8OS/c1-12(28-18-17-20(26-10-25-18)34-11-27-17)19-29-14-4-2-3-13(22)16(14)21(33)32(19)31-7-5-30(6-8-31)9-15(23)24/h2-4,10-12,15H,5-9H2,1H3,(H,25,26,28). The molecule has 4 aromatic rings. The third-order valence-electron chi connectivity index (χ3n) is 5.75. The molecule has 0 bridgehead atoms. The summed E-state index contributed by atoms with van der Waals surface area (Å²) in [6, 6.07) is 4.71. The molecule has 9 nitrogen and oxygen atoms in total. The van der Waals surface area contributed by atoms with Gasteiger partial charge in [0.25, 0.3) is 12.0 Å².